The van der Waals surface area contributed by atoms with Gasteiger partial charge in [-0.1, -0.05) is 71.9 Å². The van der Waals surface area contributed by atoms with E-state index < -0.39 is 0 Å². The monoisotopic (exact) mass is 427 g/mol. The molecule has 1 unspecified atom stereocenters. The number of nitrogens with zero attached hydrogens (tertiary/aromatic N) is 1. The molecule has 0 radical (unpaired) electrons. The van der Waals surface area contributed by atoms with Crippen molar-refractivity contribution in [2.75, 3.05) is 6.61 Å². The van der Waals surface area contributed by atoms with Crippen molar-refractivity contribution in [1.82, 2.24) is 4.57 Å². The van der Waals surface area contributed by atoms with E-state index in [0.29, 0.717) is 13.2 Å². The first kappa shape index (κ1) is 25.0. The van der Waals surface area contributed by atoms with Gasteiger partial charge in [-0.2, -0.15) is 0 Å². The molecule has 0 aliphatic carbocycles. The van der Waals surface area contributed by atoms with Crippen molar-refractivity contribution >= 4 is 5.97 Å². The van der Waals surface area contributed by atoms with E-state index in [1.54, 1.807) is 0 Å². The fourth-order valence-corrected chi connectivity index (χ4v) is 3.88. The lowest BCUT2D eigenvalue weighted by Gasteiger charge is -2.25. The Labute approximate surface area is 189 Å². The molecule has 172 valence electrons. The highest BCUT2D eigenvalue weighted by atomic mass is 16.6. The van der Waals surface area contributed by atoms with Crippen LogP contribution in [0.3, 0.4) is 0 Å². The maximum absolute atomic E-state index is 11.6. The maximum atomic E-state index is 11.6. The van der Waals surface area contributed by atoms with Crippen LogP contribution in [0, 0.1) is 0 Å². The number of hydrogen-bond donors (Lipinski definition) is 0. The number of carbonyl (C=O) groups is 1. The van der Waals surface area contributed by atoms with Gasteiger partial charge in [-0.3, -0.25) is 4.79 Å². The van der Waals surface area contributed by atoms with Crippen LogP contribution in [0.15, 0.2) is 42.6 Å². The molecule has 2 aromatic rings. The van der Waals surface area contributed by atoms with Gasteiger partial charge in [0.05, 0.1) is 6.54 Å². The Morgan fingerprint density at radius 1 is 1.00 bits per heavy atom. The lowest BCUT2D eigenvalue weighted by molar-refractivity contribution is -0.148. The SMILES string of the molecule is CCCCCCCCc1ccc(OCC(Cn2cccc2C(C)(C)C)OC(C)=O)cc1. The van der Waals surface area contributed by atoms with Crippen molar-refractivity contribution in [1.29, 1.82) is 0 Å². The van der Waals surface area contributed by atoms with Gasteiger partial charge >= 0.3 is 5.97 Å². The van der Waals surface area contributed by atoms with E-state index in [1.807, 2.05) is 24.4 Å². The zero-order valence-electron chi connectivity index (χ0n) is 20.2. The molecule has 4 nitrogen and oxygen atoms in total. The molecular formula is C27H41NO3. The molecule has 0 aliphatic rings. The summed E-state index contributed by atoms with van der Waals surface area (Å²) in [5.74, 6) is 0.528. The van der Waals surface area contributed by atoms with E-state index in [1.165, 1.54) is 56.7 Å². The summed E-state index contributed by atoms with van der Waals surface area (Å²) in [7, 11) is 0. The molecule has 0 bridgehead atoms. The normalized spacial score (nSPS) is 12.5. The molecule has 0 saturated heterocycles. The second kappa shape index (κ2) is 12.6. The average molecular weight is 428 g/mol. The van der Waals surface area contributed by atoms with Crippen LogP contribution in [0.4, 0.5) is 0 Å². The summed E-state index contributed by atoms with van der Waals surface area (Å²) < 4.78 is 13.7. The van der Waals surface area contributed by atoms with Crippen molar-refractivity contribution in [3.05, 3.63) is 53.9 Å². The van der Waals surface area contributed by atoms with Gasteiger partial charge in [0.2, 0.25) is 0 Å². The summed E-state index contributed by atoms with van der Waals surface area (Å²) in [6.07, 6.45) is 10.7. The second-order valence-electron chi connectivity index (χ2n) is 9.50. The van der Waals surface area contributed by atoms with Gasteiger partial charge in [-0.05, 0) is 42.7 Å². The molecular weight excluding hydrogens is 386 g/mol. The number of benzene rings is 1. The molecule has 0 saturated carbocycles. The van der Waals surface area contributed by atoms with Crippen LogP contribution in [0.5, 0.6) is 5.75 Å². The zero-order valence-corrected chi connectivity index (χ0v) is 20.2. The Morgan fingerprint density at radius 3 is 2.32 bits per heavy atom. The van der Waals surface area contributed by atoms with E-state index in [2.05, 4.69) is 50.5 Å². The summed E-state index contributed by atoms with van der Waals surface area (Å²) in [5, 5.41) is 0. The van der Waals surface area contributed by atoms with Crippen LogP contribution in [-0.2, 0) is 27.9 Å². The third-order valence-corrected chi connectivity index (χ3v) is 5.51. The molecule has 1 aromatic heterocycles. The fourth-order valence-electron chi connectivity index (χ4n) is 3.88. The van der Waals surface area contributed by atoms with Crippen molar-refractivity contribution in [2.45, 2.75) is 97.6 Å². The van der Waals surface area contributed by atoms with Gasteiger partial charge in [0.15, 0.2) is 6.10 Å². The molecule has 0 N–H and O–H groups in total. The van der Waals surface area contributed by atoms with E-state index >= 15 is 0 Å². The minimum atomic E-state index is -0.339. The Balaban J connectivity index is 1.86. The van der Waals surface area contributed by atoms with Gasteiger partial charge in [0.25, 0.3) is 0 Å². The number of ether oxygens (including phenoxy) is 2. The lowest BCUT2D eigenvalue weighted by atomic mass is 9.92. The predicted molar refractivity (Wildman–Crippen MR) is 128 cm³/mol. The van der Waals surface area contributed by atoms with Gasteiger partial charge in [0, 0.05) is 24.2 Å². The van der Waals surface area contributed by atoms with E-state index in [0.717, 1.165) is 12.2 Å². The number of rotatable bonds is 13. The van der Waals surface area contributed by atoms with Crippen LogP contribution in [-0.4, -0.2) is 23.2 Å². The van der Waals surface area contributed by atoms with Crippen LogP contribution in [0.1, 0.15) is 84.4 Å². The largest absolute Gasteiger partial charge is 0.490 e. The summed E-state index contributed by atoms with van der Waals surface area (Å²) in [6, 6.07) is 12.5. The first-order valence-corrected chi connectivity index (χ1v) is 11.8. The second-order valence-corrected chi connectivity index (χ2v) is 9.50. The van der Waals surface area contributed by atoms with Crippen molar-refractivity contribution < 1.29 is 14.3 Å². The Kier molecular flexibility index (Phi) is 10.2. The quantitative estimate of drug-likeness (QED) is 0.264. The Hall–Kier alpha value is -2.23. The van der Waals surface area contributed by atoms with Gasteiger partial charge in [-0.25, -0.2) is 0 Å². The summed E-state index contributed by atoms with van der Waals surface area (Å²) >= 11 is 0. The van der Waals surface area contributed by atoms with Gasteiger partial charge < -0.3 is 14.0 Å². The van der Waals surface area contributed by atoms with E-state index in [4.69, 9.17) is 9.47 Å². The average Bonchev–Trinajstić information content (AvgIpc) is 3.18. The molecule has 0 aliphatic heterocycles. The third-order valence-electron chi connectivity index (χ3n) is 5.51. The van der Waals surface area contributed by atoms with Crippen LogP contribution in [0.25, 0.3) is 0 Å². The number of unbranched alkanes of at least 4 members (excludes halogenated alkanes) is 5. The molecule has 0 amide bonds. The standard InChI is InChI=1S/C27H41NO3/c1-6-7-8-9-10-11-13-23-15-17-24(18-16-23)30-21-25(31-22(2)29)20-28-19-12-14-26(28)27(3,4)5/h12,14-19,25H,6-11,13,20-21H2,1-5H3. The minimum absolute atomic E-state index is 0.0248. The first-order chi connectivity index (χ1) is 14.8. The highest BCUT2D eigenvalue weighted by Gasteiger charge is 2.21. The Morgan fingerprint density at radius 2 is 1.68 bits per heavy atom. The highest BCUT2D eigenvalue weighted by Crippen LogP contribution is 2.23. The molecule has 2 rings (SSSR count). The number of carbonyl (C=O) groups excluding carboxylic acids is 1. The van der Waals surface area contributed by atoms with Gasteiger partial charge in [0.1, 0.15) is 12.4 Å². The van der Waals surface area contributed by atoms with Crippen molar-refractivity contribution in [3.8, 4) is 5.75 Å². The molecule has 0 spiro atoms. The molecule has 31 heavy (non-hydrogen) atoms. The third kappa shape index (κ3) is 9.20. The number of aryl methyl sites for hydroxylation is 1. The molecule has 4 heteroatoms. The van der Waals surface area contributed by atoms with Crippen LogP contribution < -0.4 is 4.74 Å². The molecule has 0 fully saturated rings. The van der Waals surface area contributed by atoms with E-state index in [-0.39, 0.29) is 17.5 Å². The molecule has 1 atom stereocenters. The smallest absolute Gasteiger partial charge is 0.303 e. The fraction of sp³-hybridized carbons (Fsp3) is 0.593. The number of hydrogen-bond acceptors (Lipinski definition) is 3. The zero-order chi connectivity index (χ0) is 22.7. The van der Waals surface area contributed by atoms with Crippen molar-refractivity contribution in [2.24, 2.45) is 0 Å². The molecule has 1 heterocycles. The summed E-state index contributed by atoms with van der Waals surface area (Å²) in [4.78, 5) is 11.6. The Bertz CT molecular complexity index is 771. The van der Waals surface area contributed by atoms with E-state index in [9.17, 15) is 4.79 Å². The van der Waals surface area contributed by atoms with Gasteiger partial charge in [-0.15, -0.1) is 0 Å². The maximum Gasteiger partial charge on any atom is 0.303 e. The van der Waals surface area contributed by atoms with Crippen LogP contribution >= 0.6 is 0 Å². The predicted octanol–water partition coefficient (Wildman–Crippen LogP) is 6.70. The minimum Gasteiger partial charge on any atom is -0.490 e. The molecule has 1 aromatic carbocycles. The lowest BCUT2D eigenvalue weighted by Crippen LogP contribution is -2.30. The summed E-state index contributed by atoms with van der Waals surface area (Å²) in [5.41, 5.74) is 2.59. The number of esters is 1. The number of aromatic nitrogens is 1. The summed E-state index contributed by atoms with van der Waals surface area (Å²) in [6.45, 7) is 11.2. The first-order valence-electron chi connectivity index (χ1n) is 11.8. The van der Waals surface area contributed by atoms with Crippen molar-refractivity contribution in [3.63, 3.8) is 0 Å². The topological polar surface area (TPSA) is 40.5 Å². The van der Waals surface area contributed by atoms with Crippen LogP contribution in [0.2, 0.25) is 0 Å². The highest BCUT2D eigenvalue weighted by molar-refractivity contribution is 5.66.